The molecule has 0 saturated carbocycles. The molecule has 0 aromatic heterocycles. The molecule has 1 atom stereocenters. The van der Waals surface area contributed by atoms with Crippen molar-refractivity contribution in [1.82, 2.24) is 10.1 Å². The number of benzene rings is 2. The lowest BCUT2D eigenvalue weighted by molar-refractivity contribution is -0.229. The molecule has 1 heterocycles. The summed E-state index contributed by atoms with van der Waals surface area (Å²) in [6, 6.07) is 15.1. The molecule has 1 aliphatic rings. The largest absolute Gasteiger partial charge is 0.369 e. The van der Waals surface area contributed by atoms with Gasteiger partial charge in [0.25, 0.3) is 5.91 Å². The van der Waals surface area contributed by atoms with E-state index in [0.29, 0.717) is 16.3 Å². The number of hydrogen-bond acceptors (Lipinski definition) is 4. The number of hydrogen-bond donors (Lipinski definition) is 1. The average molecular weight is 346 g/mol. The van der Waals surface area contributed by atoms with Crippen LogP contribution in [0.2, 0.25) is 5.02 Å². The van der Waals surface area contributed by atoms with Crippen LogP contribution in [0.1, 0.15) is 12.5 Å². The summed E-state index contributed by atoms with van der Waals surface area (Å²) in [6.45, 7) is 1.61. The van der Waals surface area contributed by atoms with E-state index in [1.165, 1.54) is 7.05 Å². The Morgan fingerprint density at radius 2 is 1.67 bits per heavy atom. The van der Waals surface area contributed by atoms with Crippen molar-refractivity contribution in [2.75, 3.05) is 12.5 Å². The maximum absolute atomic E-state index is 13.0. The normalized spacial score (nSPS) is 21.1. The topological polar surface area (TPSA) is 61.9 Å². The number of carbonyl (C=O) groups is 2. The fourth-order valence-corrected chi connectivity index (χ4v) is 2.60. The molecule has 0 spiro atoms. The molecule has 124 valence electrons. The van der Waals surface area contributed by atoms with E-state index in [2.05, 4.69) is 5.43 Å². The molecule has 2 aromatic rings. The van der Waals surface area contributed by atoms with Crippen LogP contribution in [0.25, 0.3) is 0 Å². The standard InChI is InChI=1S/C17H16ClN3O3/c1-17(12-8-10-13(18)11-9-12)15(22)21(16(23)20(2)24-17)19-14-6-4-3-5-7-14/h3-11,19H,1-2H3. The van der Waals surface area contributed by atoms with E-state index >= 15 is 0 Å². The van der Waals surface area contributed by atoms with Crippen LogP contribution in [0.3, 0.4) is 0 Å². The zero-order chi connectivity index (χ0) is 17.3. The number of hydroxylamine groups is 2. The van der Waals surface area contributed by atoms with Crippen molar-refractivity contribution < 1.29 is 14.4 Å². The Morgan fingerprint density at radius 1 is 1.04 bits per heavy atom. The van der Waals surface area contributed by atoms with Gasteiger partial charge < -0.3 is 0 Å². The average Bonchev–Trinajstić information content (AvgIpc) is 2.58. The van der Waals surface area contributed by atoms with E-state index in [0.717, 1.165) is 10.1 Å². The van der Waals surface area contributed by atoms with Crippen LogP contribution in [-0.2, 0) is 15.2 Å². The molecule has 1 unspecified atom stereocenters. The number of carbonyl (C=O) groups excluding carboxylic acids is 2. The summed E-state index contributed by atoms with van der Waals surface area (Å²) in [4.78, 5) is 30.9. The second-order valence-electron chi connectivity index (χ2n) is 5.53. The van der Waals surface area contributed by atoms with Gasteiger partial charge in [0, 0.05) is 12.1 Å². The zero-order valence-corrected chi connectivity index (χ0v) is 13.9. The van der Waals surface area contributed by atoms with Crippen molar-refractivity contribution in [3.05, 3.63) is 65.2 Å². The zero-order valence-electron chi connectivity index (χ0n) is 13.2. The Kier molecular flexibility index (Phi) is 4.17. The molecule has 7 heteroatoms. The second kappa shape index (κ2) is 6.14. The highest BCUT2D eigenvalue weighted by Crippen LogP contribution is 2.33. The number of amides is 3. The van der Waals surface area contributed by atoms with Crippen LogP contribution in [0.4, 0.5) is 10.5 Å². The number of para-hydroxylation sites is 1. The van der Waals surface area contributed by atoms with Gasteiger partial charge in [-0.2, -0.15) is 5.01 Å². The molecular formula is C17H16ClN3O3. The van der Waals surface area contributed by atoms with E-state index in [1.807, 2.05) is 6.07 Å². The summed E-state index contributed by atoms with van der Waals surface area (Å²) in [5.41, 5.74) is 2.69. The molecule has 1 aliphatic heterocycles. The van der Waals surface area contributed by atoms with Crippen molar-refractivity contribution >= 4 is 29.2 Å². The third-order valence-electron chi connectivity index (χ3n) is 3.80. The van der Waals surface area contributed by atoms with Crippen molar-refractivity contribution in [3.8, 4) is 0 Å². The van der Waals surface area contributed by atoms with Gasteiger partial charge in [-0.3, -0.25) is 10.2 Å². The van der Waals surface area contributed by atoms with E-state index in [9.17, 15) is 9.59 Å². The van der Waals surface area contributed by atoms with E-state index < -0.39 is 17.5 Å². The summed E-state index contributed by atoms with van der Waals surface area (Å²) >= 11 is 5.91. The van der Waals surface area contributed by atoms with Crippen LogP contribution < -0.4 is 5.43 Å². The Morgan fingerprint density at radius 3 is 2.29 bits per heavy atom. The summed E-state index contributed by atoms with van der Waals surface area (Å²) in [6.07, 6.45) is 0. The first-order valence-electron chi connectivity index (χ1n) is 7.31. The van der Waals surface area contributed by atoms with Crippen LogP contribution in [-0.4, -0.2) is 29.1 Å². The Balaban J connectivity index is 1.96. The SMILES string of the molecule is CN1OC(C)(c2ccc(Cl)cc2)C(=O)N(Nc2ccccc2)C1=O. The minimum Gasteiger partial charge on any atom is -0.287 e. The number of hydrazine groups is 1. The maximum Gasteiger partial charge on any atom is 0.369 e. The Bertz CT molecular complexity index is 766. The van der Waals surface area contributed by atoms with Gasteiger partial charge in [-0.15, -0.1) is 0 Å². The molecule has 6 nitrogen and oxygen atoms in total. The third-order valence-corrected chi connectivity index (χ3v) is 4.05. The fraction of sp³-hybridized carbons (Fsp3) is 0.176. The third kappa shape index (κ3) is 2.81. The molecule has 1 saturated heterocycles. The molecular weight excluding hydrogens is 330 g/mol. The molecule has 1 fully saturated rings. The molecule has 0 aliphatic carbocycles. The molecule has 0 bridgehead atoms. The minimum absolute atomic E-state index is 0.517. The number of halogens is 1. The first-order chi connectivity index (χ1) is 11.4. The quantitative estimate of drug-likeness (QED) is 0.926. The highest BCUT2D eigenvalue weighted by molar-refractivity contribution is 6.30. The molecule has 0 radical (unpaired) electrons. The summed E-state index contributed by atoms with van der Waals surface area (Å²) in [5.74, 6) is -0.517. The highest BCUT2D eigenvalue weighted by atomic mass is 35.5. The Hall–Kier alpha value is -2.57. The van der Waals surface area contributed by atoms with Crippen LogP contribution in [0, 0.1) is 0 Å². The van der Waals surface area contributed by atoms with Crippen molar-refractivity contribution in [2.45, 2.75) is 12.5 Å². The van der Waals surface area contributed by atoms with Gasteiger partial charge >= 0.3 is 6.03 Å². The summed E-state index contributed by atoms with van der Waals surface area (Å²) in [7, 11) is 1.46. The predicted molar refractivity (Wildman–Crippen MR) is 90.0 cm³/mol. The van der Waals surface area contributed by atoms with Gasteiger partial charge in [-0.05, 0) is 36.8 Å². The Labute approximate surface area is 144 Å². The number of urea groups is 1. The van der Waals surface area contributed by atoms with E-state index in [-0.39, 0.29) is 0 Å². The monoisotopic (exact) mass is 345 g/mol. The van der Waals surface area contributed by atoms with Crippen molar-refractivity contribution in [2.24, 2.45) is 0 Å². The maximum atomic E-state index is 13.0. The number of anilines is 1. The van der Waals surface area contributed by atoms with Gasteiger partial charge in [0.05, 0.1) is 5.69 Å². The lowest BCUT2D eigenvalue weighted by atomic mass is 9.94. The highest BCUT2D eigenvalue weighted by Gasteiger charge is 2.50. The van der Waals surface area contributed by atoms with E-state index in [4.69, 9.17) is 16.4 Å². The van der Waals surface area contributed by atoms with Crippen molar-refractivity contribution in [1.29, 1.82) is 0 Å². The van der Waals surface area contributed by atoms with Gasteiger partial charge in [0.2, 0.25) is 0 Å². The van der Waals surface area contributed by atoms with Gasteiger partial charge in [-0.1, -0.05) is 41.9 Å². The lowest BCUT2D eigenvalue weighted by Gasteiger charge is -2.42. The fourth-order valence-electron chi connectivity index (χ4n) is 2.48. The molecule has 3 amide bonds. The predicted octanol–water partition coefficient (Wildman–Crippen LogP) is 3.41. The smallest absolute Gasteiger partial charge is 0.287 e. The number of rotatable bonds is 3. The van der Waals surface area contributed by atoms with Crippen LogP contribution in [0.5, 0.6) is 0 Å². The minimum atomic E-state index is -1.35. The molecule has 24 heavy (non-hydrogen) atoms. The van der Waals surface area contributed by atoms with Gasteiger partial charge in [0.15, 0.2) is 5.60 Å². The first-order valence-corrected chi connectivity index (χ1v) is 7.69. The molecule has 2 aromatic carbocycles. The van der Waals surface area contributed by atoms with Crippen LogP contribution in [0.15, 0.2) is 54.6 Å². The molecule has 3 rings (SSSR count). The first kappa shape index (κ1) is 16.3. The van der Waals surface area contributed by atoms with Crippen LogP contribution >= 0.6 is 11.6 Å². The number of nitrogens with one attached hydrogen (secondary N) is 1. The number of imide groups is 1. The second-order valence-corrected chi connectivity index (χ2v) is 5.97. The number of nitrogens with zero attached hydrogens (tertiary/aromatic N) is 2. The molecule has 1 N–H and O–H groups in total. The summed E-state index contributed by atoms with van der Waals surface area (Å²) in [5, 5.41) is 2.54. The summed E-state index contributed by atoms with van der Waals surface area (Å²) < 4.78 is 0. The van der Waals surface area contributed by atoms with Gasteiger partial charge in [-0.25, -0.2) is 14.7 Å². The van der Waals surface area contributed by atoms with Gasteiger partial charge in [0.1, 0.15) is 0 Å². The lowest BCUT2D eigenvalue weighted by Crippen LogP contribution is -2.62. The van der Waals surface area contributed by atoms with E-state index in [1.54, 1.807) is 55.5 Å². The van der Waals surface area contributed by atoms with Crippen molar-refractivity contribution in [3.63, 3.8) is 0 Å².